The van der Waals surface area contributed by atoms with Crippen LogP contribution in [0.5, 0.6) is 5.88 Å². The Morgan fingerprint density at radius 1 is 1.15 bits per heavy atom. The van der Waals surface area contributed by atoms with E-state index in [4.69, 9.17) is 9.26 Å². The summed E-state index contributed by atoms with van der Waals surface area (Å²) in [4.78, 5) is 8.92. The Labute approximate surface area is 150 Å². The van der Waals surface area contributed by atoms with Crippen LogP contribution >= 0.6 is 0 Å². The van der Waals surface area contributed by atoms with Gasteiger partial charge in [0.25, 0.3) is 5.89 Å². The molecule has 1 N–H and O–H groups in total. The van der Waals surface area contributed by atoms with Crippen molar-refractivity contribution in [2.75, 3.05) is 0 Å². The zero-order valence-corrected chi connectivity index (χ0v) is 14.5. The molecule has 2 aliphatic rings. The first-order valence-electron chi connectivity index (χ1n) is 8.90. The summed E-state index contributed by atoms with van der Waals surface area (Å²) in [7, 11) is 0. The van der Waals surface area contributed by atoms with Gasteiger partial charge in [-0.15, -0.1) is 0 Å². The second kappa shape index (κ2) is 5.64. The van der Waals surface area contributed by atoms with Crippen molar-refractivity contribution in [2.24, 2.45) is 0 Å². The normalized spacial score (nSPS) is 20.3. The number of hydrogen-bond donors (Lipinski definition) is 1. The molecule has 0 radical (unpaired) electrons. The standard InChI is InChI=1S/C20H19N3O3/c1-12-3-5-13(6-4-12)17-22-19(26-23-17)15-9-14-10-16(24)20(7-2-8-20)25-18(14)21-11-15/h3-6,9,11,16,24H,2,7-8,10H2,1H3. The van der Waals surface area contributed by atoms with Crippen molar-refractivity contribution in [1.29, 1.82) is 0 Å². The van der Waals surface area contributed by atoms with Crippen molar-refractivity contribution in [3.63, 3.8) is 0 Å². The highest BCUT2D eigenvalue weighted by molar-refractivity contribution is 5.60. The summed E-state index contributed by atoms with van der Waals surface area (Å²) < 4.78 is 11.4. The predicted octanol–water partition coefficient (Wildman–Crippen LogP) is 3.33. The van der Waals surface area contributed by atoms with Gasteiger partial charge in [0.15, 0.2) is 0 Å². The molecule has 0 bridgehead atoms. The number of rotatable bonds is 2. The van der Waals surface area contributed by atoms with Crippen molar-refractivity contribution >= 4 is 0 Å². The molecule has 26 heavy (non-hydrogen) atoms. The molecular weight excluding hydrogens is 330 g/mol. The minimum atomic E-state index is -0.494. The van der Waals surface area contributed by atoms with Crippen LogP contribution in [0.3, 0.4) is 0 Å². The number of aliphatic hydroxyl groups excluding tert-OH is 1. The Kier molecular flexibility index (Phi) is 3.37. The fourth-order valence-corrected chi connectivity index (χ4v) is 3.63. The maximum atomic E-state index is 10.5. The van der Waals surface area contributed by atoms with Crippen LogP contribution in [0.1, 0.15) is 30.4 Å². The number of aliphatic hydroxyl groups is 1. The molecule has 0 amide bonds. The zero-order valence-electron chi connectivity index (χ0n) is 14.5. The quantitative estimate of drug-likeness (QED) is 0.764. The van der Waals surface area contributed by atoms with E-state index in [1.807, 2.05) is 37.3 Å². The molecule has 6 heteroatoms. The predicted molar refractivity (Wildman–Crippen MR) is 94.6 cm³/mol. The largest absolute Gasteiger partial charge is 0.468 e. The van der Waals surface area contributed by atoms with Gasteiger partial charge in [-0.2, -0.15) is 4.98 Å². The van der Waals surface area contributed by atoms with Crippen molar-refractivity contribution < 1.29 is 14.4 Å². The lowest BCUT2D eigenvalue weighted by Gasteiger charge is -2.47. The van der Waals surface area contributed by atoms with Crippen LogP contribution in [0.25, 0.3) is 22.8 Å². The third-order valence-electron chi connectivity index (χ3n) is 5.43. The summed E-state index contributed by atoms with van der Waals surface area (Å²) in [6.45, 7) is 2.04. The number of ether oxygens (including phenoxy) is 1. The number of aryl methyl sites for hydroxylation is 1. The van der Waals surface area contributed by atoms with Gasteiger partial charge >= 0.3 is 0 Å². The van der Waals surface area contributed by atoms with Gasteiger partial charge in [-0.1, -0.05) is 35.0 Å². The van der Waals surface area contributed by atoms with E-state index in [1.165, 1.54) is 5.56 Å². The van der Waals surface area contributed by atoms with Gasteiger partial charge in [0.1, 0.15) is 5.60 Å². The smallest absolute Gasteiger partial charge is 0.259 e. The first-order chi connectivity index (χ1) is 12.6. The first-order valence-corrected chi connectivity index (χ1v) is 8.90. The molecule has 1 saturated carbocycles. The molecule has 1 aliphatic carbocycles. The average molecular weight is 349 g/mol. The topological polar surface area (TPSA) is 81.3 Å². The minimum absolute atomic E-state index is 0.411. The molecule has 1 aromatic carbocycles. The fraction of sp³-hybridized carbons (Fsp3) is 0.350. The van der Waals surface area contributed by atoms with Gasteiger partial charge in [0.2, 0.25) is 11.7 Å². The van der Waals surface area contributed by atoms with E-state index in [9.17, 15) is 5.11 Å². The Hall–Kier alpha value is -2.73. The van der Waals surface area contributed by atoms with Gasteiger partial charge in [-0.25, -0.2) is 4.98 Å². The highest BCUT2D eigenvalue weighted by Gasteiger charge is 2.49. The Balaban J connectivity index is 1.45. The van der Waals surface area contributed by atoms with Gasteiger partial charge in [-0.3, -0.25) is 0 Å². The highest BCUT2D eigenvalue weighted by Crippen LogP contribution is 2.44. The van der Waals surface area contributed by atoms with Crippen molar-refractivity contribution in [2.45, 2.75) is 44.3 Å². The maximum Gasteiger partial charge on any atom is 0.259 e. The van der Waals surface area contributed by atoms with E-state index in [0.717, 1.165) is 36.0 Å². The Bertz CT molecular complexity index is 961. The number of pyridine rings is 1. The second-order valence-corrected chi connectivity index (χ2v) is 7.22. The van der Waals surface area contributed by atoms with Crippen LogP contribution in [0.2, 0.25) is 0 Å². The summed E-state index contributed by atoms with van der Waals surface area (Å²) in [6, 6.07) is 9.89. The van der Waals surface area contributed by atoms with Crippen LogP contribution < -0.4 is 4.74 Å². The average Bonchev–Trinajstić information content (AvgIpc) is 3.10. The zero-order chi connectivity index (χ0) is 17.7. The van der Waals surface area contributed by atoms with E-state index in [-0.39, 0.29) is 0 Å². The maximum absolute atomic E-state index is 10.5. The molecular formula is C20H19N3O3. The van der Waals surface area contributed by atoms with Crippen LogP contribution in [0.15, 0.2) is 41.1 Å². The second-order valence-electron chi connectivity index (χ2n) is 7.22. The van der Waals surface area contributed by atoms with Crippen LogP contribution in [-0.4, -0.2) is 31.9 Å². The van der Waals surface area contributed by atoms with Crippen LogP contribution in [-0.2, 0) is 6.42 Å². The number of hydrogen-bond acceptors (Lipinski definition) is 6. The molecule has 5 rings (SSSR count). The van der Waals surface area contributed by atoms with E-state index in [2.05, 4.69) is 15.1 Å². The SMILES string of the molecule is Cc1ccc(-c2noc(-c3cnc4c(c3)CC(O)C3(CCC3)O4)n2)cc1. The van der Waals surface area contributed by atoms with E-state index >= 15 is 0 Å². The molecule has 3 aromatic rings. The summed E-state index contributed by atoms with van der Waals surface area (Å²) in [6.07, 6.45) is 4.60. The number of nitrogens with zero attached hydrogens (tertiary/aromatic N) is 3. The van der Waals surface area contributed by atoms with Crippen molar-refractivity contribution in [3.05, 3.63) is 47.7 Å². The minimum Gasteiger partial charge on any atom is -0.468 e. The summed E-state index contributed by atoms with van der Waals surface area (Å²) in [5.41, 5.74) is 3.27. The monoisotopic (exact) mass is 349 g/mol. The van der Waals surface area contributed by atoms with Crippen LogP contribution in [0, 0.1) is 6.92 Å². The van der Waals surface area contributed by atoms with E-state index in [1.54, 1.807) is 6.20 Å². The van der Waals surface area contributed by atoms with Crippen LogP contribution in [0.4, 0.5) is 0 Å². The first kappa shape index (κ1) is 15.5. The molecule has 1 spiro atoms. The molecule has 1 atom stereocenters. The molecule has 132 valence electrons. The van der Waals surface area contributed by atoms with Gasteiger partial charge in [-0.05, 0) is 32.3 Å². The number of aromatic nitrogens is 3. The molecule has 1 unspecified atom stereocenters. The number of fused-ring (bicyclic) bond motifs is 1. The van der Waals surface area contributed by atoms with Crippen molar-refractivity contribution in [1.82, 2.24) is 15.1 Å². The van der Waals surface area contributed by atoms with Gasteiger partial charge in [0, 0.05) is 23.7 Å². The third-order valence-corrected chi connectivity index (χ3v) is 5.43. The molecule has 3 heterocycles. The summed E-state index contributed by atoms with van der Waals surface area (Å²) in [5, 5.41) is 14.5. The lowest BCUT2D eigenvalue weighted by Crippen LogP contribution is -2.56. The lowest BCUT2D eigenvalue weighted by atomic mass is 9.73. The molecule has 6 nitrogen and oxygen atoms in total. The summed E-state index contributed by atoms with van der Waals surface area (Å²) >= 11 is 0. The summed E-state index contributed by atoms with van der Waals surface area (Å²) in [5.74, 6) is 1.56. The molecule has 2 aromatic heterocycles. The third kappa shape index (κ3) is 2.41. The lowest BCUT2D eigenvalue weighted by molar-refractivity contribution is -0.118. The van der Waals surface area contributed by atoms with E-state index < -0.39 is 11.7 Å². The van der Waals surface area contributed by atoms with Gasteiger partial charge < -0.3 is 14.4 Å². The Morgan fingerprint density at radius 3 is 2.69 bits per heavy atom. The number of benzene rings is 1. The van der Waals surface area contributed by atoms with Crippen molar-refractivity contribution in [3.8, 4) is 28.7 Å². The molecule has 1 fully saturated rings. The Morgan fingerprint density at radius 2 is 1.96 bits per heavy atom. The van der Waals surface area contributed by atoms with E-state index in [0.29, 0.717) is 24.0 Å². The molecule has 1 aliphatic heterocycles. The fourth-order valence-electron chi connectivity index (χ4n) is 3.63. The van der Waals surface area contributed by atoms with Gasteiger partial charge in [0.05, 0.1) is 11.7 Å². The highest BCUT2D eigenvalue weighted by atomic mass is 16.5. The molecule has 0 saturated heterocycles.